The van der Waals surface area contributed by atoms with Crippen LogP contribution in [0.3, 0.4) is 0 Å². The molecule has 1 unspecified atom stereocenters. The van der Waals surface area contributed by atoms with Gasteiger partial charge in [-0.05, 0) is 63.1 Å². The molecule has 1 atom stereocenters. The minimum Gasteiger partial charge on any atom is -0.493 e. The lowest BCUT2D eigenvalue weighted by atomic mass is 9.89. The van der Waals surface area contributed by atoms with Gasteiger partial charge < -0.3 is 15.2 Å². The zero-order valence-corrected chi connectivity index (χ0v) is 12.5. The fourth-order valence-corrected chi connectivity index (χ4v) is 3.41. The number of rotatable bonds is 5. The van der Waals surface area contributed by atoms with Crippen molar-refractivity contribution in [1.29, 1.82) is 0 Å². The Hall–Kier alpha value is -1.22. The molecule has 0 heterocycles. The van der Waals surface area contributed by atoms with Crippen LogP contribution >= 0.6 is 0 Å². The number of methoxy groups -OCH3 is 1. The van der Waals surface area contributed by atoms with E-state index in [0.29, 0.717) is 6.10 Å². The van der Waals surface area contributed by atoms with Gasteiger partial charge >= 0.3 is 0 Å². The van der Waals surface area contributed by atoms with Gasteiger partial charge in [-0.15, -0.1) is 0 Å². The highest BCUT2D eigenvalue weighted by atomic mass is 16.5. The van der Waals surface area contributed by atoms with Crippen LogP contribution < -0.4 is 15.2 Å². The van der Waals surface area contributed by atoms with Crippen LogP contribution in [-0.2, 0) is 5.41 Å². The van der Waals surface area contributed by atoms with Crippen LogP contribution in [0.15, 0.2) is 18.2 Å². The standard InChI is InChI=1S/C17H25NO2/c1-12(18)17(9-10-17)13-7-8-15(19-2)16(11-13)20-14-5-3-4-6-14/h7-8,11-12,14H,3-6,9-10,18H2,1-2H3. The molecule has 0 amide bonds. The average molecular weight is 275 g/mol. The lowest BCUT2D eigenvalue weighted by Crippen LogP contribution is -2.31. The molecule has 0 bridgehead atoms. The first-order chi connectivity index (χ1) is 9.65. The Labute approximate surface area is 121 Å². The molecule has 0 aliphatic heterocycles. The molecule has 0 spiro atoms. The Kier molecular flexibility index (Phi) is 3.63. The van der Waals surface area contributed by atoms with E-state index in [4.69, 9.17) is 15.2 Å². The Bertz CT molecular complexity index is 474. The summed E-state index contributed by atoms with van der Waals surface area (Å²) in [5.41, 5.74) is 7.65. The first-order valence-corrected chi connectivity index (χ1v) is 7.76. The third-order valence-electron chi connectivity index (χ3n) is 4.99. The van der Waals surface area contributed by atoms with Crippen LogP contribution in [0, 0.1) is 0 Å². The first kappa shape index (κ1) is 13.7. The van der Waals surface area contributed by atoms with Crippen molar-refractivity contribution in [2.24, 2.45) is 5.73 Å². The second-order valence-electron chi connectivity index (χ2n) is 6.33. The van der Waals surface area contributed by atoms with Gasteiger partial charge in [0.05, 0.1) is 13.2 Å². The minimum atomic E-state index is 0.167. The second-order valence-corrected chi connectivity index (χ2v) is 6.33. The molecular weight excluding hydrogens is 250 g/mol. The molecule has 0 radical (unpaired) electrons. The quantitative estimate of drug-likeness (QED) is 0.895. The molecular formula is C17H25NO2. The van der Waals surface area contributed by atoms with E-state index in [2.05, 4.69) is 19.1 Å². The van der Waals surface area contributed by atoms with E-state index >= 15 is 0 Å². The summed E-state index contributed by atoms with van der Waals surface area (Å²) in [6, 6.07) is 6.53. The third-order valence-corrected chi connectivity index (χ3v) is 4.99. The van der Waals surface area contributed by atoms with Crippen LogP contribution in [0.1, 0.15) is 51.0 Å². The normalized spacial score (nSPS) is 22.6. The Balaban J connectivity index is 1.86. The van der Waals surface area contributed by atoms with Crippen molar-refractivity contribution in [3.05, 3.63) is 23.8 Å². The maximum Gasteiger partial charge on any atom is 0.161 e. The summed E-state index contributed by atoms with van der Waals surface area (Å²) < 4.78 is 11.6. The van der Waals surface area contributed by atoms with Crippen LogP contribution in [-0.4, -0.2) is 19.3 Å². The molecule has 3 rings (SSSR count). The molecule has 2 saturated carbocycles. The van der Waals surface area contributed by atoms with Gasteiger partial charge in [0.15, 0.2) is 11.5 Å². The van der Waals surface area contributed by atoms with Crippen molar-refractivity contribution in [3.63, 3.8) is 0 Å². The molecule has 0 saturated heterocycles. The van der Waals surface area contributed by atoms with E-state index in [1.807, 2.05) is 6.07 Å². The summed E-state index contributed by atoms with van der Waals surface area (Å²) in [6.07, 6.45) is 7.58. The number of hydrogen-bond donors (Lipinski definition) is 1. The van der Waals surface area contributed by atoms with Crippen molar-refractivity contribution >= 4 is 0 Å². The minimum absolute atomic E-state index is 0.167. The largest absolute Gasteiger partial charge is 0.493 e. The Morgan fingerprint density at radius 2 is 1.90 bits per heavy atom. The molecule has 2 aliphatic rings. The van der Waals surface area contributed by atoms with E-state index in [9.17, 15) is 0 Å². The Morgan fingerprint density at radius 1 is 1.20 bits per heavy atom. The van der Waals surface area contributed by atoms with Crippen LogP contribution in [0.2, 0.25) is 0 Å². The van der Waals surface area contributed by atoms with Gasteiger partial charge in [-0.3, -0.25) is 0 Å². The molecule has 1 aromatic carbocycles. The average Bonchev–Trinajstić information content (AvgIpc) is 3.12. The van der Waals surface area contributed by atoms with Gasteiger partial charge in [-0.2, -0.15) is 0 Å². The predicted molar refractivity (Wildman–Crippen MR) is 80.4 cm³/mol. The monoisotopic (exact) mass is 275 g/mol. The zero-order chi connectivity index (χ0) is 14.2. The molecule has 20 heavy (non-hydrogen) atoms. The number of nitrogens with two attached hydrogens (primary N) is 1. The SMILES string of the molecule is COc1ccc(C2(C(C)N)CC2)cc1OC1CCCC1. The van der Waals surface area contributed by atoms with Crippen LogP contribution in [0.5, 0.6) is 11.5 Å². The molecule has 2 N–H and O–H groups in total. The van der Waals surface area contributed by atoms with Crippen molar-refractivity contribution in [1.82, 2.24) is 0 Å². The Morgan fingerprint density at radius 3 is 2.45 bits per heavy atom. The van der Waals surface area contributed by atoms with Crippen LogP contribution in [0.25, 0.3) is 0 Å². The second kappa shape index (κ2) is 5.28. The molecule has 110 valence electrons. The van der Waals surface area contributed by atoms with E-state index in [1.54, 1.807) is 7.11 Å². The highest BCUT2D eigenvalue weighted by molar-refractivity contribution is 5.47. The van der Waals surface area contributed by atoms with Gasteiger partial charge in [-0.25, -0.2) is 0 Å². The number of hydrogen-bond acceptors (Lipinski definition) is 3. The van der Waals surface area contributed by atoms with E-state index in [1.165, 1.54) is 31.2 Å². The lowest BCUT2D eigenvalue weighted by Gasteiger charge is -2.23. The first-order valence-electron chi connectivity index (χ1n) is 7.76. The maximum atomic E-state index is 6.18. The van der Waals surface area contributed by atoms with Gasteiger partial charge in [0.25, 0.3) is 0 Å². The van der Waals surface area contributed by atoms with Gasteiger partial charge in [-0.1, -0.05) is 6.07 Å². The topological polar surface area (TPSA) is 44.5 Å². The summed E-state index contributed by atoms with van der Waals surface area (Å²) >= 11 is 0. The fraction of sp³-hybridized carbons (Fsp3) is 0.647. The third kappa shape index (κ3) is 2.39. The highest BCUT2D eigenvalue weighted by Crippen LogP contribution is 2.51. The number of ether oxygens (including phenoxy) is 2. The maximum absolute atomic E-state index is 6.18. The summed E-state index contributed by atoms with van der Waals surface area (Å²) in [4.78, 5) is 0. The van der Waals surface area contributed by atoms with E-state index in [-0.39, 0.29) is 11.5 Å². The predicted octanol–water partition coefficient (Wildman–Crippen LogP) is 3.40. The lowest BCUT2D eigenvalue weighted by molar-refractivity contribution is 0.200. The van der Waals surface area contributed by atoms with E-state index < -0.39 is 0 Å². The van der Waals surface area contributed by atoms with Crippen LogP contribution in [0.4, 0.5) is 0 Å². The van der Waals surface area contributed by atoms with Crippen molar-refractivity contribution in [2.45, 2.75) is 63.0 Å². The summed E-state index contributed by atoms with van der Waals surface area (Å²) in [5, 5.41) is 0. The molecule has 0 aromatic heterocycles. The molecule has 1 aromatic rings. The summed E-state index contributed by atoms with van der Waals surface area (Å²) in [5.74, 6) is 1.73. The van der Waals surface area contributed by atoms with Gasteiger partial charge in [0.2, 0.25) is 0 Å². The summed E-state index contributed by atoms with van der Waals surface area (Å²) in [7, 11) is 1.70. The molecule has 3 heteroatoms. The van der Waals surface area contributed by atoms with E-state index in [0.717, 1.165) is 24.3 Å². The van der Waals surface area contributed by atoms with Crippen molar-refractivity contribution in [2.75, 3.05) is 7.11 Å². The zero-order valence-electron chi connectivity index (χ0n) is 12.5. The number of benzene rings is 1. The molecule has 3 nitrogen and oxygen atoms in total. The van der Waals surface area contributed by atoms with Gasteiger partial charge in [0.1, 0.15) is 0 Å². The highest BCUT2D eigenvalue weighted by Gasteiger charge is 2.47. The molecule has 2 fully saturated rings. The smallest absolute Gasteiger partial charge is 0.161 e. The molecule has 2 aliphatic carbocycles. The summed E-state index contributed by atoms with van der Waals surface area (Å²) in [6.45, 7) is 2.11. The van der Waals surface area contributed by atoms with Crippen molar-refractivity contribution < 1.29 is 9.47 Å². The van der Waals surface area contributed by atoms with Crippen molar-refractivity contribution in [3.8, 4) is 11.5 Å². The fourth-order valence-electron chi connectivity index (χ4n) is 3.41. The van der Waals surface area contributed by atoms with Gasteiger partial charge in [0, 0.05) is 11.5 Å².